The number of benzene rings is 2. The summed E-state index contributed by atoms with van der Waals surface area (Å²) in [6, 6.07) is 16.3. The lowest BCUT2D eigenvalue weighted by Crippen LogP contribution is -1.93. The lowest BCUT2D eigenvalue weighted by Gasteiger charge is -2.05. The Bertz CT molecular complexity index is 785. The first-order chi connectivity index (χ1) is 11.2. The van der Waals surface area contributed by atoms with Gasteiger partial charge in [0.2, 0.25) is 0 Å². The molecule has 3 rings (SSSR count). The van der Waals surface area contributed by atoms with Crippen molar-refractivity contribution in [3.05, 3.63) is 65.9 Å². The Morgan fingerprint density at radius 3 is 2.26 bits per heavy atom. The van der Waals surface area contributed by atoms with E-state index in [9.17, 15) is 4.79 Å². The largest absolute Gasteiger partial charge is 0.298 e. The maximum Gasteiger partial charge on any atom is 0.150 e. The lowest BCUT2D eigenvalue weighted by atomic mass is 10.0. The Hall–Kier alpha value is -2.26. The Morgan fingerprint density at radius 1 is 1.00 bits per heavy atom. The monoisotopic (exact) mass is 321 g/mol. The molecule has 2 nitrogen and oxygen atoms in total. The van der Waals surface area contributed by atoms with Crippen molar-refractivity contribution in [1.29, 1.82) is 0 Å². The van der Waals surface area contributed by atoms with Gasteiger partial charge in [0.15, 0.2) is 0 Å². The van der Waals surface area contributed by atoms with Crippen LogP contribution in [-0.2, 0) is 6.42 Å². The van der Waals surface area contributed by atoms with Crippen LogP contribution in [0.4, 0.5) is 0 Å². The van der Waals surface area contributed by atoms with Gasteiger partial charge in [-0.1, -0.05) is 62.4 Å². The van der Waals surface area contributed by atoms with Crippen molar-refractivity contribution in [2.45, 2.75) is 20.3 Å². The van der Waals surface area contributed by atoms with E-state index in [0.29, 0.717) is 11.5 Å². The summed E-state index contributed by atoms with van der Waals surface area (Å²) in [5.41, 5.74) is 4.30. The minimum atomic E-state index is 0.671. The molecule has 0 saturated heterocycles. The zero-order valence-corrected chi connectivity index (χ0v) is 14.1. The van der Waals surface area contributed by atoms with E-state index in [4.69, 9.17) is 0 Å². The molecule has 3 aromatic rings. The maximum absolute atomic E-state index is 10.7. The predicted molar refractivity (Wildman–Crippen MR) is 96.9 cm³/mol. The number of hydrogen-bond acceptors (Lipinski definition) is 3. The highest BCUT2D eigenvalue weighted by molar-refractivity contribution is 7.18. The van der Waals surface area contributed by atoms with Crippen LogP contribution in [0.1, 0.15) is 29.8 Å². The number of carbonyl (C=O) groups is 1. The molecule has 1 heterocycles. The minimum Gasteiger partial charge on any atom is -0.298 e. The van der Waals surface area contributed by atoms with Crippen LogP contribution in [-0.4, -0.2) is 11.3 Å². The Kier molecular flexibility index (Phi) is 4.68. The lowest BCUT2D eigenvalue weighted by molar-refractivity contribution is 0.112. The second-order valence-electron chi connectivity index (χ2n) is 6.06. The number of aromatic nitrogens is 1. The highest BCUT2D eigenvalue weighted by Gasteiger charge is 2.07. The predicted octanol–water partition coefficient (Wildman–Crippen LogP) is 5.49. The summed E-state index contributed by atoms with van der Waals surface area (Å²) in [4.78, 5) is 16.4. The van der Waals surface area contributed by atoms with Gasteiger partial charge >= 0.3 is 0 Å². The second kappa shape index (κ2) is 6.88. The van der Waals surface area contributed by atoms with Crippen LogP contribution >= 0.6 is 11.3 Å². The quantitative estimate of drug-likeness (QED) is 0.582. The van der Waals surface area contributed by atoms with Crippen molar-refractivity contribution in [3.63, 3.8) is 0 Å². The third kappa shape index (κ3) is 3.74. The minimum absolute atomic E-state index is 0.671. The molecule has 1 aromatic heterocycles. The van der Waals surface area contributed by atoms with E-state index in [1.807, 2.05) is 30.5 Å². The Labute approximate surface area is 140 Å². The van der Waals surface area contributed by atoms with E-state index >= 15 is 0 Å². The molecule has 23 heavy (non-hydrogen) atoms. The highest BCUT2D eigenvalue weighted by Crippen LogP contribution is 2.32. The van der Waals surface area contributed by atoms with Crippen molar-refractivity contribution in [1.82, 2.24) is 4.98 Å². The van der Waals surface area contributed by atoms with Gasteiger partial charge in [-0.3, -0.25) is 4.79 Å². The van der Waals surface area contributed by atoms with Crippen LogP contribution in [0, 0.1) is 5.92 Å². The standard InChI is InChI=1S/C20H19NOS/c1-14(2)11-15-3-7-17(8-4-15)19-12-21-20(23-19)18-9-5-16(13-22)6-10-18/h3-10,12-14H,11H2,1-2H3. The molecule has 0 saturated carbocycles. The van der Waals surface area contributed by atoms with Gasteiger partial charge in [-0.05, 0) is 23.5 Å². The van der Waals surface area contributed by atoms with Crippen LogP contribution in [0.5, 0.6) is 0 Å². The molecule has 0 fully saturated rings. The number of rotatable bonds is 5. The van der Waals surface area contributed by atoms with Crippen molar-refractivity contribution in [2.75, 3.05) is 0 Å². The van der Waals surface area contributed by atoms with Gasteiger partial charge in [0.1, 0.15) is 11.3 Å². The van der Waals surface area contributed by atoms with Gasteiger partial charge in [0, 0.05) is 17.3 Å². The molecule has 0 N–H and O–H groups in total. The van der Waals surface area contributed by atoms with Crippen LogP contribution in [0.25, 0.3) is 21.0 Å². The Balaban J connectivity index is 1.81. The van der Waals surface area contributed by atoms with Gasteiger partial charge in [0.05, 0.1) is 4.88 Å². The molecule has 0 aliphatic carbocycles. The fourth-order valence-electron chi connectivity index (χ4n) is 2.52. The molecule has 0 amide bonds. The summed E-state index contributed by atoms with van der Waals surface area (Å²) in [6.07, 6.45) is 3.89. The molecule has 0 bridgehead atoms. The van der Waals surface area contributed by atoms with E-state index in [0.717, 1.165) is 28.2 Å². The van der Waals surface area contributed by atoms with Crippen LogP contribution in [0.2, 0.25) is 0 Å². The van der Waals surface area contributed by atoms with Gasteiger partial charge in [-0.2, -0.15) is 0 Å². The normalized spacial score (nSPS) is 10.9. The highest BCUT2D eigenvalue weighted by atomic mass is 32.1. The summed E-state index contributed by atoms with van der Waals surface area (Å²) in [7, 11) is 0. The van der Waals surface area contributed by atoms with E-state index < -0.39 is 0 Å². The second-order valence-corrected chi connectivity index (χ2v) is 7.10. The zero-order chi connectivity index (χ0) is 16.2. The van der Waals surface area contributed by atoms with Gasteiger partial charge < -0.3 is 0 Å². The molecule has 0 aliphatic rings. The average Bonchev–Trinajstić information content (AvgIpc) is 3.05. The Morgan fingerprint density at radius 2 is 1.65 bits per heavy atom. The molecule has 116 valence electrons. The first-order valence-electron chi connectivity index (χ1n) is 7.76. The molecule has 3 heteroatoms. The summed E-state index contributed by atoms with van der Waals surface area (Å²) in [6.45, 7) is 4.47. The number of hydrogen-bond donors (Lipinski definition) is 0. The molecule has 0 radical (unpaired) electrons. The molecule has 0 spiro atoms. The van der Waals surface area contributed by atoms with E-state index in [1.54, 1.807) is 11.3 Å². The van der Waals surface area contributed by atoms with Gasteiger partial charge in [-0.15, -0.1) is 11.3 Å². The topological polar surface area (TPSA) is 30.0 Å². The fourth-order valence-corrected chi connectivity index (χ4v) is 3.45. The first-order valence-corrected chi connectivity index (χ1v) is 8.58. The molecular formula is C20H19NOS. The molecule has 0 unspecified atom stereocenters. The first kappa shape index (κ1) is 15.6. The molecule has 2 aromatic carbocycles. The summed E-state index contributed by atoms with van der Waals surface area (Å²) >= 11 is 1.67. The van der Waals surface area contributed by atoms with Crippen LogP contribution in [0.15, 0.2) is 54.7 Å². The summed E-state index contributed by atoms with van der Waals surface area (Å²) in [5, 5.41) is 0.976. The van der Waals surface area contributed by atoms with E-state index in [-0.39, 0.29) is 0 Å². The van der Waals surface area contributed by atoms with Crippen molar-refractivity contribution in [2.24, 2.45) is 5.92 Å². The zero-order valence-electron chi connectivity index (χ0n) is 13.3. The number of thiazole rings is 1. The average molecular weight is 321 g/mol. The van der Waals surface area contributed by atoms with Crippen LogP contribution in [0.3, 0.4) is 0 Å². The molecule has 0 aliphatic heterocycles. The number of aldehydes is 1. The van der Waals surface area contributed by atoms with Crippen LogP contribution < -0.4 is 0 Å². The number of nitrogens with zero attached hydrogens (tertiary/aromatic N) is 1. The molecule has 0 atom stereocenters. The SMILES string of the molecule is CC(C)Cc1ccc(-c2cnc(-c3ccc(C=O)cc3)s2)cc1. The van der Waals surface area contributed by atoms with E-state index in [1.165, 1.54) is 11.1 Å². The van der Waals surface area contributed by atoms with Crippen molar-refractivity contribution >= 4 is 17.6 Å². The molecular weight excluding hydrogens is 302 g/mol. The third-order valence-corrected chi connectivity index (χ3v) is 4.78. The van der Waals surface area contributed by atoms with Gasteiger partial charge in [0.25, 0.3) is 0 Å². The fraction of sp³-hybridized carbons (Fsp3) is 0.200. The van der Waals surface area contributed by atoms with E-state index in [2.05, 4.69) is 43.1 Å². The smallest absolute Gasteiger partial charge is 0.150 e. The summed E-state index contributed by atoms with van der Waals surface area (Å²) in [5.74, 6) is 0.671. The van der Waals surface area contributed by atoms with Gasteiger partial charge in [-0.25, -0.2) is 4.98 Å². The third-order valence-electron chi connectivity index (χ3n) is 3.68. The number of carbonyl (C=O) groups excluding carboxylic acids is 1. The van der Waals surface area contributed by atoms with Crippen molar-refractivity contribution < 1.29 is 4.79 Å². The summed E-state index contributed by atoms with van der Waals surface area (Å²) < 4.78 is 0. The van der Waals surface area contributed by atoms with Crippen molar-refractivity contribution in [3.8, 4) is 21.0 Å². The maximum atomic E-state index is 10.7.